The summed E-state index contributed by atoms with van der Waals surface area (Å²) in [6, 6.07) is 9.51. The number of urea groups is 2. The van der Waals surface area contributed by atoms with Crippen LogP contribution in [0.3, 0.4) is 0 Å². The van der Waals surface area contributed by atoms with E-state index in [1.807, 2.05) is 6.92 Å². The molecule has 0 radical (unpaired) electrons. The molecule has 2 saturated heterocycles. The van der Waals surface area contributed by atoms with Crippen LogP contribution in [0.1, 0.15) is 22.5 Å². The molecule has 2 aliphatic heterocycles. The Balaban J connectivity index is 0.000000255. The van der Waals surface area contributed by atoms with Crippen LogP contribution in [-0.4, -0.2) is 112 Å². The number of nitrogens with one attached hydrogen (secondary N) is 1. The van der Waals surface area contributed by atoms with Crippen LogP contribution >= 0.6 is 0 Å². The minimum atomic E-state index is -4.27. The summed E-state index contributed by atoms with van der Waals surface area (Å²) in [4.78, 5) is 34.0. The lowest BCUT2D eigenvalue weighted by Gasteiger charge is -2.28. The number of carbonyl (C=O) groups is 2. The van der Waals surface area contributed by atoms with E-state index in [2.05, 4.69) is 37.9 Å². The molecule has 4 rings (SSSR count). The van der Waals surface area contributed by atoms with Gasteiger partial charge in [0.1, 0.15) is 37.0 Å². The number of hydrogen-bond donors (Lipinski definition) is 0. The number of fused-ring (bicyclic) bond motifs is 1. The van der Waals surface area contributed by atoms with Crippen molar-refractivity contribution < 1.29 is 46.5 Å². The number of hydrogen-bond acceptors (Lipinski definition) is 9. The lowest BCUT2D eigenvalue weighted by atomic mass is 10.2. The van der Waals surface area contributed by atoms with Crippen molar-refractivity contribution in [3.63, 3.8) is 0 Å². The Kier molecular flexibility index (Phi) is 13.1. The second-order valence-corrected chi connectivity index (χ2v) is 11.1. The van der Waals surface area contributed by atoms with Crippen LogP contribution in [0, 0.1) is 27.7 Å². The van der Waals surface area contributed by atoms with E-state index in [1.54, 1.807) is 12.1 Å². The highest BCUT2D eigenvalue weighted by atomic mass is 32.2. The molecule has 14 nitrogen and oxygen atoms in total. The van der Waals surface area contributed by atoms with Gasteiger partial charge in [0.15, 0.2) is 23.7 Å². The van der Waals surface area contributed by atoms with Gasteiger partial charge in [-0.3, -0.25) is 19.6 Å². The van der Waals surface area contributed by atoms with Gasteiger partial charge in [-0.15, -0.1) is 0 Å². The van der Waals surface area contributed by atoms with Gasteiger partial charge in [0.25, 0.3) is 0 Å². The fourth-order valence-electron chi connectivity index (χ4n) is 4.66. The molecule has 0 unspecified atom stereocenters. The molecule has 2 aliphatic rings. The summed E-state index contributed by atoms with van der Waals surface area (Å²) in [5, 5.41) is 0. The van der Waals surface area contributed by atoms with Gasteiger partial charge < -0.3 is 23.5 Å². The van der Waals surface area contributed by atoms with Crippen molar-refractivity contribution in [3.05, 3.63) is 58.9 Å². The molecular weight excluding hydrogens is 570 g/mol. The van der Waals surface area contributed by atoms with Gasteiger partial charge in [0, 0.05) is 54.4 Å². The number of aryl methyl sites for hydroxylation is 4. The van der Waals surface area contributed by atoms with E-state index in [1.165, 1.54) is 77.1 Å². The molecule has 2 aromatic rings. The number of amides is 4. The summed E-state index contributed by atoms with van der Waals surface area (Å²) in [6.07, 6.45) is -1.05. The third-order valence-corrected chi connectivity index (χ3v) is 7.04. The van der Waals surface area contributed by atoms with Crippen molar-refractivity contribution in [1.82, 2.24) is 19.6 Å². The average molecular weight is 612 g/mol. The van der Waals surface area contributed by atoms with E-state index in [9.17, 15) is 22.6 Å². The Bertz CT molecular complexity index is 1170. The number of aromatic nitrogens is 1. The molecule has 0 bridgehead atoms. The maximum atomic E-state index is 12.6. The summed E-state index contributed by atoms with van der Waals surface area (Å²) in [7, 11) is 1.70. The maximum absolute atomic E-state index is 12.6. The molecule has 1 aromatic carbocycles. The van der Waals surface area contributed by atoms with E-state index in [0.29, 0.717) is 0 Å². The summed E-state index contributed by atoms with van der Waals surface area (Å²) < 4.78 is 51.6. The molecule has 0 saturated carbocycles. The molecule has 42 heavy (non-hydrogen) atoms. The van der Waals surface area contributed by atoms with E-state index in [-0.39, 0.29) is 43.9 Å². The van der Waals surface area contributed by atoms with Crippen LogP contribution in [0.15, 0.2) is 41.3 Å². The van der Waals surface area contributed by atoms with Gasteiger partial charge in [-0.2, -0.15) is 0 Å². The Morgan fingerprint density at radius 2 is 1.00 bits per heavy atom. The van der Waals surface area contributed by atoms with Crippen molar-refractivity contribution in [3.8, 4) is 0 Å². The van der Waals surface area contributed by atoms with Crippen molar-refractivity contribution in [2.24, 2.45) is 0 Å². The molecule has 0 atom stereocenters. The first-order valence-electron chi connectivity index (χ1n) is 12.9. The van der Waals surface area contributed by atoms with Gasteiger partial charge in [-0.05, 0) is 31.5 Å². The average Bonchev–Trinajstić information content (AvgIpc) is 3.31. The van der Waals surface area contributed by atoms with Crippen LogP contribution < -0.4 is 4.98 Å². The van der Waals surface area contributed by atoms with Gasteiger partial charge in [0.2, 0.25) is 0 Å². The normalized spacial score (nSPS) is 18.0. The van der Waals surface area contributed by atoms with E-state index in [0.717, 1.165) is 5.56 Å². The largest absolute Gasteiger partial charge is 0.744 e. The number of pyridine rings is 1. The predicted octanol–water partition coefficient (Wildman–Crippen LogP) is 1.85. The zero-order valence-electron chi connectivity index (χ0n) is 25.3. The van der Waals surface area contributed by atoms with Crippen LogP contribution in [0.25, 0.3) is 0 Å². The molecule has 0 aliphatic carbocycles. The number of carbonyl (C=O) groups excluding carboxylic acids is 2. The number of ether oxygens (including phenoxy) is 4. The Hall–Kier alpha value is -3.34. The van der Waals surface area contributed by atoms with Gasteiger partial charge in [0.05, 0.1) is 4.90 Å². The van der Waals surface area contributed by atoms with Gasteiger partial charge >= 0.3 is 12.1 Å². The van der Waals surface area contributed by atoms with Gasteiger partial charge in [-0.25, -0.2) is 23.0 Å². The highest BCUT2D eigenvalue weighted by Crippen LogP contribution is 2.34. The lowest BCUT2D eigenvalue weighted by Crippen LogP contribution is -2.48. The van der Waals surface area contributed by atoms with E-state index < -0.39 is 22.4 Å². The minimum Gasteiger partial charge on any atom is -0.744 e. The lowest BCUT2D eigenvalue weighted by molar-refractivity contribution is -0.396. The Morgan fingerprint density at radius 1 is 0.667 bits per heavy atom. The first kappa shape index (κ1) is 34.9. The summed E-state index contributed by atoms with van der Waals surface area (Å²) in [6.45, 7) is 8.32. The van der Waals surface area contributed by atoms with Crippen LogP contribution in [0.5, 0.6) is 0 Å². The molecule has 15 heteroatoms. The third kappa shape index (κ3) is 8.83. The Labute approximate surface area is 247 Å². The predicted molar refractivity (Wildman–Crippen MR) is 150 cm³/mol. The summed E-state index contributed by atoms with van der Waals surface area (Å²) >= 11 is 0. The topological polar surface area (TPSA) is 155 Å². The standard InChI is InChI=1S/C12H22N4O6.C8H11N.C7H8O3S/c1-19-5-13-9-10(15(7-21-3)11(13)17)16(8-22-4)12(18)14(9)6-20-2;1-6-4-7(2)9-8(3)5-6;1-6-2-4-7(5-3-6)11(8,9)10/h9-10H,5-8H2,1-4H3;4-5H,1-3H3;2-5H,1H3,(H,8,9,10). The van der Waals surface area contributed by atoms with Gasteiger partial charge in [-0.1, -0.05) is 17.7 Å². The summed E-state index contributed by atoms with van der Waals surface area (Å²) in [5.74, 6) is 0. The number of nitrogens with zero attached hydrogens (tertiary/aromatic N) is 4. The molecule has 1 N–H and O–H groups in total. The molecular formula is C27H41N5O9S. The van der Waals surface area contributed by atoms with E-state index in [4.69, 9.17) is 18.9 Å². The number of benzene rings is 1. The number of rotatable bonds is 9. The third-order valence-electron chi connectivity index (χ3n) is 6.19. The first-order chi connectivity index (χ1) is 19.8. The smallest absolute Gasteiger partial charge is 0.327 e. The zero-order chi connectivity index (χ0) is 31.6. The Morgan fingerprint density at radius 3 is 1.26 bits per heavy atom. The molecule has 0 spiro atoms. The number of methoxy groups -OCH3 is 4. The zero-order valence-corrected chi connectivity index (χ0v) is 26.1. The monoisotopic (exact) mass is 611 g/mol. The molecule has 2 fully saturated rings. The quantitative estimate of drug-likeness (QED) is 0.386. The number of H-pyrrole nitrogens is 1. The molecule has 4 amide bonds. The fourth-order valence-corrected chi connectivity index (χ4v) is 5.13. The van der Waals surface area contributed by atoms with Crippen molar-refractivity contribution in [2.75, 3.05) is 55.4 Å². The van der Waals surface area contributed by atoms with Crippen LogP contribution in [0.2, 0.25) is 0 Å². The van der Waals surface area contributed by atoms with Crippen molar-refractivity contribution in [1.29, 1.82) is 0 Å². The highest BCUT2D eigenvalue weighted by molar-refractivity contribution is 7.85. The van der Waals surface area contributed by atoms with Crippen LogP contribution in [0.4, 0.5) is 9.59 Å². The summed E-state index contributed by atoms with van der Waals surface area (Å²) in [5.41, 5.74) is 4.71. The molecule has 234 valence electrons. The second-order valence-electron chi connectivity index (χ2n) is 9.73. The maximum Gasteiger partial charge on any atom is 0.327 e. The fraction of sp³-hybridized carbons (Fsp3) is 0.519. The SMILES string of the molecule is COCN1C(=O)N(COC)C2C1N(COC)C(=O)N2COC.Cc1cc(C)[nH+]c(C)c1.Cc1ccc(S(=O)(=O)[O-])cc1. The molecule has 3 heterocycles. The van der Waals surface area contributed by atoms with Crippen molar-refractivity contribution >= 4 is 22.2 Å². The number of aromatic amines is 1. The molecule has 1 aromatic heterocycles. The minimum absolute atomic E-state index is 0.0640. The second kappa shape index (κ2) is 15.8. The van der Waals surface area contributed by atoms with E-state index >= 15 is 0 Å². The van der Waals surface area contributed by atoms with Crippen molar-refractivity contribution in [2.45, 2.75) is 44.9 Å². The van der Waals surface area contributed by atoms with Crippen LogP contribution in [-0.2, 0) is 29.1 Å². The first-order valence-corrected chi connectivity index (χ1v) is 14.3. The highest BCUT2D eigenvalue weighted by Gasteiger charge is 2.59.